The number of allylic oxidation sites excluding steroid dienone is 5. The number of aryl methyl sites for hydroxylation is 1. The molecule has 42 heavy (non-hydrogen) atoms. The minimum Gasteiger partial charge on any atom is -0.496 e. The molecule has 0 radical (unpaired) electrons. The molecule has 4 rings (SSSR count). The number of ketones is 1. The van der Waals surface area contributed by atoms with E-state index in [0.29, 0.717) is 34.2 Å². The molecule has 1 aliphatic carbocycles. The highest BCUT2D eigenvalue weighted by atomic mass is 16.5. The molecular formula is C36H33N2O4+3. The molecule has 208 valence electrons. The van der Waals surface area contributed by atoms with E-state index < -0.39 is 0 Å². The lowest BCUT2D eigenvalue weighted by atomic mass is 9.98. The van der Waals surface area contributed by atoms with Gasteiger partial charge in [0.25, 0.3) is 7.11 Å². The van der Waals surface area contributed by atoms with Gasteiger partial charge in [-0.05, 0) is 52.7 Å². The van der Waals surface area contributed by atoms with E-state index in [0.717, 1.165) is 21.9 Å². The van der Waals surface area contributed by atoms with Crippen LogP contribution in [0.3, 0.4) is 0 Å². The summed E-state index contributed by atoms with van der Waals surface area (Å²) in [6, 6.07) is 11.8. The highest BCUT2D eigenvalue weighted by Gasteiger charge is 2.22. The Hall–Kier alpha value is -5.59. The summed E-state index contributed by atoms with van der Waals surface area (Å²) in [5, 5.41) is 1.04. The highest BCUT2D eigenvalue weighted by molar-refractivity contribution is 6.09. The number of nitrogens with zero attached hydrogens (tertiary/aromatic N) is 2. The van der Waals surface area contributed by atoms with Crippen molar-refractivity contribution in [1.29, 1.82) is 0 Å². The zero-order chi connectivity index (χ0) is 29.9. The average Bonchev–Trinajstić information content (AvgIpc) is 3.02. The van der Waals surface area contributed by atoms with Crippen LogP contribution in [0.5, 0.6) is 11.5 Å². The minimum absolute atomic E-state index is 0.621. The normalized spacial score (nSPS) is 14.3. The van der Waals surface area contributed by atoms with Gasteiger partial charge in [0.2, 0.25) is 0 Å². The molecule has 3 aromatic rings. The third-order valence-corrected chi connectivity index (χ3v) is 6.39. The predicted molar refractivity (Wildman–Crippen MR) is 164 cm³/mol. The van der Waals surface area contributed by atoms with E-state index in [2.05, 4.69) is 30.4 Å². The van der Waals surface area contributed by atoms with E-state index in [9.17, 15) is 0 Å². The number of pyridine rings is 2. The third kappa shape index (κ3) is 7.53. The Morgan fingerprint density at radius 2 is 1.52 bits per heavy atom. The molecule has 0 spiro atoms. The number of methoxy groups -OCH3 is 3. The first-order valence-electron chi connectivity index (χ1n) is 13.1. The molecule has 1 aromatic carbocycles. The number of hydrogen-bond donors (Lipinski definition) is 0. The van der Waals surface area contributed by atoms with Crippen LogP contribution in [-0.4, -0.2) is 34.2 Å². The van der Waals surface area contributed by atoms with Gasteiger partial charge in [-0.2, -0.15) is 4.24 Å². The first-order valence-corrected chi connectivity index (χ1v) is 13.1. The van der Waals surface area contributed by atoms with Gasteiger partial charge < -0.3 is 14.2 Å². The Morgan fingerprint density at radius 3 is 2.19 bits per heavy atom. The van der Waals surface area contributed by atoms with E-state index in [1.165, 1.54) is 0 Å². The number of aromatic nitrogens is 2. The molecule has 0 atom stereocenters. The van der Waals surface area contributed by atoms with Gasteiger partial charge in [0.1, 0.15) is 31.0 Å². The third-order valence-electron chi connectivity index (χ3n) is 6.39. The monoisotopic (exact) mass is 557 g/mol. The van der Waals surface area contributed by atoms with E-state index in [1.807, 2.05) is 109 Å². The molecule has 0 fully saturated rings. The van der Waals surface area contributed by atoms with E-state index in [4.69, 9.17) is 18.6 Å². The van der Waals surface area contributed by atoms with Crippen molar-refractivity contribution < 1.29 is 27.4 Å². The molecule has 2 heterocycles. The van der Waals surface area contributed by atoms with Crippen LogP contribution in [0, 0.1) is 30.4 Å². The maximum Gasteiger partial charge on any atom is 0.351 e. The van der Waals surface area contributed by atoms with Crippen molar-refractivity contribution in [3.05, 3.63) is 125 Å². The van der Waals surface area contributed by atoms with Gasteiger partial charge in [-0.3, -0.25) is 4.42 Å². The lowest BCUT2D eigenvalue weighted by Gasteiger charge is -2.10. The summed E-state index contributed by atoms with van der Waals surface area (Å²) in [5.74, 6) is 14.6. The fourth-order valence-corrected chi connectivity index (χ4v) is 4.07. The molecule has 0 amide bonds. The van der Waals surface area contributed by atoms with Gasteiger partial charge in [0.15, 0.2) is 24.8 Å². The molecule has 6 heteroatoms. The summed E-state index contributed by atoms with van der Waals surface area (Å²) >= 11 is 0. The van der Waals surface area contributed by atoms with Crippen molar-refractivity contribution in [3.63, 3.8) is 0 Å². The van der Waals surface area contributed by atoms with Crippen LogP contribution in [0.4, 0.5) is 0 Å². The molecule has 0 bridgehead atoms. The Balaban J connectivity index is 1.59. The van der Waals surface area contributed by atoms with Crippen molar-refractivity contribution in [2.24, 2.45) is 7.05 Å². The molecular weight excluding hydrogens is 524 g/mol. The first kappa shape index (κ1) is 29.4. The molecule has 0 N–H and O–H groups in total. The van der Waals surface area contributed by atoms with Gasteiger partial charge in [0.05, 0.1) is 44.1 Å². The van der Waals surface area contributed by atoms with Crippen molar-refractivity contribution >= 4 is 24.0 Å². The van der Waals surface area contributed by atoms with Crippen LogP contribution in [-0.2, 0) is 16.2 Å². The van der Waals surface area contributed by atoms with Crippen molar-refractivity contribution in [3.8, 4) is 35.2 Å². The summed E-state index contributed by atoms with van der Waals surface area (Å²) in [5.41, 5.74) is 4.15. The van der Waals surface area contributed by atoms with Gasteiger partial charge in [-0.15, -0.1) is 0 Å². The molecule has 2 aromatic heterocycles. The quantitative estimate of drug-likeness (QED) is 0.202. The molecule has 0 saturated heterocycles. The fourth-order valence-electron chi connectivity index (χ4n) is 4.07. The van der Waals surface area contributed by atoms with E-state index in [-0.39, 0.29) is 0 Å². The summed E-state index contributed by atoms with van der Waals surface area (Å²) in [6.45, 7) is 3.84. The van der Waals surface area contributed by atoms with Crippen LogP contribution in [0.1, 0.15) is 16.7 Å². The predicted octanol–water partition coefficient (Wildman–Crippen LogP) is 3.59. The van der Waals surface area contributed by atoms with Crippen LogP contribution >= 0.6 is 0 Å². The van der Waals surface area contributed by atoms with Crippen LogP contribution in [0.15, 0.2) is 96.3 Å². The summed E-state index contributed by atoms with van der Waals surface area (Å²) in [6.07, 6.45) is 19.5. The van der Waals surface area contributed by atoms with Crippen LogP contribution < -0.4 is 23.5 Å². The second-order valence-electron chi connectivity index (χ2n) is 9.20. The maximum atomic E-state index is 5.63. The lowest BCUT2D eigenvalue weighted by Crippen LogP contribution is -2.25. The van der Waals surface area contributed by atoms with E-state index in [1.54, 1.807) is 32.7 Å². The second kappa shape index (κ2) is 14.2. The zero-order valence-electron chi connectivity index (χ0n) is 24.5. The van der Waals surface area contributed by atoms with Gasteiger partial charge in [0, 0.05) is 35.9 Å². The highest BCUT2D eigenvalue weighted by Crippen LogP contribution is 2.30. The number of benzene rings is 1. The van der Waals surface area contributed by atoms with Crippen LogP contribution in [0.25, 0.3) is 18.2 Å². The average molecular weight is 558 g/mol. The van der Waals surface area contributed by atoms with Crippen molar-refractivity contribution in [1.82, 2.24) is 0 Å². The standard InChI is InChI=1S/C36H33N2O4/c1-37-19-15-27(16-20-37)11-13-31-25-33(39-3)29(23-35(31)41-5)9-7-8-10-30-24-36(42-6)32(26-34(30)40-4)14-12-28-17-21-38(2)22-18-28/h11-26H,1H2,2-6H3/q+3/b14-12+,31-13?. The minimum atomic E-state index is 0.621. The first-order chi connectivity index (χ1) is 20.4. The van der Waals surface area contributed by atoms with Gasteiger partial charge in [-0.1, -0.05) is 18.2 Å². The molecule has 6 nitrogen and oxygen atoms in total. The Labute approximate surface area is 246 Å². The number of ether oxygens (including phenoxy) is 3. The summed E-state index contributed by atoms with van der Waals surface area (Å²) in [7, 11) is 8.48. The maximum absolute atomic E-state index is 5.63. The van der Waals surface area contributed by atoms with Gasteiger partial charge >= 0.3 is 5.78 Å². The van der Waals surface area contributed by atoms with Crippen LogP contribution in [0.2, 0.25) is 0 Å². The van der Waals surface area contributed by atoms with Crippen molar-refractivity contribution in [2.75, 3.05) is 28.4 Å². The molecule has 0 unspecified atom stereocenters. The number of hydrogen-bond acceptors (Lipinski definition) is 3. The van der Waals surface area contributed by atoms with E-state index >= 15 is 0 Å². The molecule has 0 saturated carbocycles. The smallest absolute Gasteiger partial charge is 0.351 e. The molecule has 1 aliphatic rings. The number of rotatable bonds is 6. The van der Waals surface area contributed by atoms with Gasteiger partial charge in [-0.25, -0.2) is 4.57 Å². The Morgan fingerprint density at radius 1 is 0.810 bits per heavy atom. The summed E-state index contributed by atoms with van der Waals surface area (Å²) in [4.78, 5) is 0. The Bertz CT molecular complexity index is 1850. The fraction of sp³-hybridized carbons (Fsp3) is 0.139. The topological polar surface area (TPSA) is 48.8 Å². The number of carbonyl (C=O) groups excluding carboxylic acids is 1. The second-order valence-corrected chi connectivity index (χ2v) is 9.20. The summed E-state index contributed by atoms with van der Waals surface area (Å²) < 4.78 is 26.2. The Kier molecular flexibility index (Phi) is 9.91. The largest absolute Gasteiger partial charge is 0.496 e. The lowest BCUT2D eigenvalue weighted by molar-refractivity contribution is -0.671. The SMILES string of the molecule is C=[n+]1ccc(=CC=C2C=C(OC)C(C#CC#Cc3cc(OC)c(/C=C/c4cc[n+](C)cc4)cc3OC)=CC2=[O+]C)cc1. The van der Waals surface area contributed by atoms with Crippen molar-refractivity contribution in [2.45, 2.75) is 0 Å². The molecule has 0 aliphatic heterocycles. The zero-order valence-corrected chi connectivity index (χ0v) is 24.5.